The lowest BCUT2D eigenvalue weighted by molar-refractivity contribution is 0.146. The lowest BCUT2D eigenvalue weighted by Crippen LogP contribution is -2.47. The van der Waals surface area contributed by atoms with Crippen molar-refractivity contribution < 1.29 is 26.2 Å². The van der Waals surface area contributed by atoms with Crippen LogP contribution in [0.1, 0.15) is 12.3 Å². The third-order valence-corrected chi connectivity index (χ3v) is 5.50. The number of nitrogen functional groups attached to an aromatic ring is 1. The first-order valence-electron chi connectivity index (χ1n) is 15.8. The lowest BCUT2D eigenvalue weighted by Gasteiger charge is -2.36. The van der Waals surface area contributed by atoms with Gasteiger partial charge in [0, 0.05) is 48.1 Å². The predicted octanol–water partition coefficient (Wildman–Crippen LogP) is 2.16. The molecule has 5 aromatic rings. The van der Waals surface area contributed by atoms with Gasteiger partial charge in [-0.15, -0.1) is 5.10 Å². The summed E-state index contributed by atoms with van der Waals surface area (Å²) in [6.45, 7) is -12.0. The summed E-state index contributed by atoms with van der Waals surface area (Å²) in [4.78, 5) is 10.2. The molecule has 0 atom stereocenters. The Bertz CT molecular complexity index is 1860. The van der Waals surface area contributed by atoms with Crippen molar-refractivity contribution in [3.05, 3.63) is 48.8 Å². The van der Waals surface area contributed by atoms with Gasteiger partial charge in [-0.1, -0.05) is 0 Å². The fourth-order valence-electron chi connectivity index (χ4n) is 3.67. The Hall–Kier alpha value is -4.16. The van der Waals surface area contributed by atoms with E-state index in [2.05, 4.69) is 20.2 Å². The van der Waals surface area contributed by atoms with Crippen molar-refractivity contribution in [3.8, 4) is 17.3 Å². The van der Waals surface area contributed by atoms with Crippen molar-refractivity contribution in [2.24, 2.45) is 0 Å². The summed E-state index contributed by atoms with van der Waals surface area (Å²) in [5.74, 6) is 0.643. The van der Waals surface area contributed by atoms with Crippen molar-refractivity contribution in [2.45, 2.75) is 6.50 Å². The van der Waals surface area contributed by atoms with Gasteiger partial charge < -0.3 is 24.5 Å². The molecule has 0 spiro atoms. The summed E-state index contributed by atoms with van der Waals surface area (Å²) in [7, 11) is 1.54. The summed E-state index contributed by atoms with van der Waals surface area (Å²) in [6.07, 6.45) is 0.930. The van der Waals surface area contributed by atoms with E-state index in [0.717, 1.165) is 14.3 Å². The molecule has 192 valence electrons. The Balaban J connectivity index is 1.34. The SMILES string of the molecule is [2H]c1nn(C([2H])([2H])C([2H])([2H])N2CC([2H])([2H])N(c3ccc(OCCOC)cc3)C([2H])([2H])C2)c2nc(N)n3nc(-c4ccco4)nc3c12. The van der Waals surface area contributed by atoms with Crippen LogP contribution < -0.4 is 15.4 Å². The molecule has 0 bridgehead atoms. The van der Waals surface area contributed by atoms with E-state index in [1.165, 1.54) is 25.5 Å². The molecule has 37 heavy (non-hydrogen) atoms. The molecule has 1 aliphatic heterocycles. The molecule has 12 heteroatoms. The van der Waals surface area contributed by atoms with Crippen molar-refractivity contribution in [3.63, 3.8) is 0 Å². The quantitative estimate of drug-likeness (QED) is 0.294. The number of hydrogen-bond acceptors (Lipinski definition) is 10. The minimum Gasteiger partial charge on any atom is -0.491 e. The number of ether oxygens (including phenoxy) is 2. The van der Waals surface area contributed by atoms with Crippen LogP contribution in [0.25, 0.3) is 28.3 Å². The van der Waals surface area contributed by atoms with Crippen LogP contribution in [0, 0.1) is 0 Å². The first kappa shape index (κ1) is 15.2. The molecular formula is C25H29N9O3. The van der Waals surface area contributed by atoms with Gasteiger partial charge in [-0.2, -0.15) is 14.6 Å². The second-order valence-corrected chi connectivity index (χ2v) is 7.91. The number of aromatic nitrogens is 6. The number of anilines is 2. The minimum atomic E-state index is -3.12. The van der Waals surface area contributed by atoms with Crippen LogP contribution in [-0.2, 0) is 11.2 Å². The highest BCUT2D eigenvalue weighted by molar-refractivity contribution is 5.90. The van der Waals surface area contributed by atoms with Gasteiger partial charge in [0.1, 0.15) is 12.4 Å². The maximum atomic E-state index is 8.91. The highest BCUT2D eigenvalue weighted by atomic mass is 16.5. The Morgan fingerprint density at radius 2 is 1.95 bits per heavy atom. The highest BCUT2D eigenvalue weighted by Gasteiger charge is 2.20. The predicted molar refractivity (Wildman–Crippen MR) is 139 cm³/mol. The minimum absolute atomic E-state index is 0.0120. The molecule has 1 aromatic carbocycles. The topological polar surface area (TPSA) is 125 Å². The number of hydrogen-bond donors (Lipinski definition) is 1. The molecule has 1 aliphatic rings. The second kappa shape index (κ2) is 10.1. The summed E-state index contributed by atoms with van der Waals surface area (Å²) in [5, 5.41) is 8.14. The average Bonchev–Trinajstić information content (AvgIpc) is 3.72. The third-order valence-electron chi connectivity index (χ3n) is 5.50. The largest absolute Gasteiger partial charge is 0.491 e. The number of nitrogens with zero attached hydrogens (tertiary/aromatic N) is 8. The van der Waals surface area contributed by atoms with Gasteiger partial charge in [-0.05, 0) is 36.4 Å². The van der Waals surface area contributed by atoms with Gasteiger partial charge in [0.05, 0.1) is 40.5 Å². The molecule has 0 amide bonds. The highest BCUT2D eigenvalue weighted by Crippen LogP contribution is 2.24. The Kier molecular flexibility index (Phi) is 4.13. The van der Waals surface area contributed by atoms with Gasteiger partial charge in [-0.3, -0.25) is 4.90 Å². The van der Waals surface area contributed by atoms with E-state index in [1.54, 1.807) is 24.3 Å². The molecule has 5 heterocycles. The molecule has 1 saturated heterocycles. The number of nitrogens with two attached hydrogens (primary N) is 1. The van der Waals surface area contributed by atoms with Gasteiger partial charge in [0.25, 0.3) is 0 Å². The van der Waals surface area contributed by atoms with E-state index >= 15 is 0 Å². The van der Waals surface area contributed by atoms with E-state index in [9.17, 15) is 0 Å². The maximum Gasteiger partial charge on any atom is 0.225 e. The van der Waals surface area contributed by atoms with Crippen molar-refractivity contribution in [1.82, 2.24) is 34.3 Å². The smallest absolute Gasteiger partial charge is 0.225 e. The van der Waals surface area contributed by atoms with E-state index in [-0.39, 0.29) is 34.1 Å². The number of fused-ring (bicyclic) bond motifs is 3. The van der Waals surface area contributed by atoms with Gasteiger partial charge >= 0.3 is 0 Å². The van der Waals surface area contributed by atoms with Crippen LogP contribution in [0.4, 0.5) is 11.6 Å². The number of piperazine rings is 1. The molecule has 0 unspecified atom stereocenters. The Morgan fingerprint density at radius 3 is 2.70 bits per heavy atom. The Morgan fingerprint density at radius 1 is 1.11 bits per heavy atom. The zero-order valence-electron chi connectivity index (χ0n) is 28.7. The zero-order chi connectivity index (χ0) is 33.2. The van der Waals surface area contributed by atoms with Crippen LogP contribution in [-0.4, -0.2) is 87.2 Å². The molecule has 0 saturated carbocycles. The standard InChI is InChI=1S/C25H29N9O3/c1-35-15-16-36-19-6-4-18(5-7-19)32-11-8-31(9-12-32)10-13-33-23-20(17-27-33)24-28-22(21-3-2-14-37-21)30-34(24)25(26)29-23/h2-7,14,17H,8-13,15-16H2,1H3,(H2,26,29)/i10D2,11D2,12D2,13D2,17D. The van der Waals surface area contributed by atoms with Crippen LogP contribution >= 0.6 is 0 Å². The van der Waals surface area contributed by atoms with Crippen LogP contribution in [0.2, 0.25) is 0 Å². The summed E-state index contributed by atoms with van der Waals surface area (Å²) in [6, 6.07) is 9.34. The lowest BCUT2D eigenvalue weighted by atomic mass is 10.2. The first-order chi connectivity index (χ1) is 21.6. The molecule has 0 aliphatic carbocycles. The number of benzene rings is 1. The molecule has 2 N–H and O–H groups in total. The number of furan rings is 1. The van der Waals surface area contributed by atoms with Gasteiger partial charge in [0.2, 0.25) is 11.8 Å². The summed E-state index contributed by atoms with van der Waals surface area (Å²) in [5.41, 5.74) is 6.00. The van der Waals surface area contributed by atoms with Crippen LogP contribution in [0.5, 0.6) is 5.75 Å². The summed E-state index contributed by atoms with van der Waals surface area (Å²) >= 11 is 0. The Labute approximate surface area is 225 Å². The third kappa shape index (κ3) is 4.68. The average molecular weight is 513 g/mol. The fraction of sp³-hybridized carbons (Fsp3) is 0.360. The van der Waals surface area contributed by atoms with Crippen molar-refractivity contribution in [2.75, 3.05) is 63.5 Å². The molecule has 1 fully saturated rings. The van der Waals surface area contributed by atoms with Crippen molar-refractivity contribution in [1.29, 1.82) is 0 Å². The zero-order valence-corrected chi connectivity index (χ0v) is 19.7. The number of rotatable bonds is 9. The van der Waals surface area contributed by atoms with E-state index in [1.807, 2.05) is 0 Å². The first-order valence-corrected chi connectivity index (χ1v) is 11.3. The van der Waals surface area contributed by atoms with Crippen LogP contribution in [0.15, 0.2) is 53.3 Å². The maximum absolute atomic E-state index is 8.91. The monoisotopic (exact) mass is 512 g/mol. The normalized spacial score (nSPS) is 21.8. The van der Waals surface area contributed by atoms with Crippen LogP contribution in [0.3, 0.4) is 0 Å². The summed E-state index contributed by atoms with van der Waals surface area (Å²) < 4.78 is 96.7. The number of methoxy groups -OCH3 is 1. The molecule has 12 nitrogen and oxygen atoms in total. The van der Waals surface area contributed by atoms with E-state index in [0.29, 0.717) is 29.4 Å². The molecule has 0 radical (unpaired) electrons. The van der Waals surface area contributed by atoms with Gasteiger partial charge in [0.15, 0.2) is 17.1 Å². The second-order valence-electron chi connectivity index (χ2n) is 7.91. The van der Waals surface area contributed by atoms with Gasteiger partial charge in [-0.25, -0.2) is 9.67 Å². The number of aryl methyl sites for hydroxylation is 1. The van der Waals surface area contributed by atoms with E-state index < -0.39 is 45.2 Å². The molecular weight excluding hydrogens is 474 g/mol. The van der Waals surface area contributed by atoms with Crippen molar-refractivity contribution >= 4 is 28.3 Å². The van der Waals surface area contributed by atoms with E-state index in [4.69, 9.17) is 32.0 Å². The fourth-order valence-corrected chi connectivity index (χ4v) is 3.67. The molecule has 6 rings (SSSR count). The molecule has 4 aromatic heterocycles.